The smallest absolute Gasteiger partial charge is 0.321 e. The topological polar surface area (TPSA) is 83.6 Å². The Balaban J connectivity index is 1.94. The zero-order chi connectivity index (χ0) is 32.7. The molecule has 6 aromatic rings. The van der Waals surface area contributed by atoms with E-state index in [9.17, 15) is 14.7 Å². The molecule has 6 aromatic carbocycles. The van der Waals surface area contributed by atoms with E-state index in [2.05, 4.69) is 0 Å². The van der Waals surface area contributed by atoms with Crippen molar-refractivity contribution in [1.29, 1.82) is 0 Å². The van der Waals surface area contributed by atoms with Crippen molar-refractivity contribution in [3.63, 3.8) is 0 Å². The van der Waals surface area contributed by atoms with Crippen LogP contribution < -0.4 is 5.73 Å². The summed E-state index contributed by atoms with van der Waals surface area (Å²) in [5, 5.41) is 11.4. The van der Waals surface area contributed by atoms with Gasteiger partial charge in [-0.1, -0.05) is 182 Å². The second-order valence-corrected chi connectivity index (χ2v) is 11.5. The Hall–Kier alpha value is -5.78. The van der Waals surface area contributed by atoms with E-state index in [0.29, 0.717) is 0 Å². The molecule has 0 saturated heterocycles. The van der Waals surface area contributed by atoms with Crippen LogP contribution in [0.1, 0.15) is 39.8 Å². The Morgan fingerprint density at radius 3 is 0.851 bits per heavy atom. The maximum absolute atomic E-state index is 13.9. The molecule has 0 aliphatic rings. The van der Waals surface area contributed by atoms with E-state index >= 15 is 0 Å². The highest BCUT2D eigenvalue weighted by Crippen LogP contribution is 2.55. The molecule has 1 atom stereocenters. The molecule has 0 fully saturated rings. The lowest BCUT2D eigenvalue weighted by molar-refractivity contribution is -0.150. The number of primary amides is 1. The Kier molecular flexibility index (Phi) is 9.09. The molecule has 0 heterocycles. The Morgan fingerprint density at radius 1 is 0.468 bits per heavy atom. The van der Waals surface area contributed by atoms with Crippen molar-refractivity contribution in [3.05, 3.63) is 215 Å². The highest BCUT2D eigenvalue weighted by molar-refractivity contribution is 5.84. The van der Waals surface area contributed by atoms with Crippen molar-refractivity contribution in [1.82, 2.24) is 4.90 Å². The molecule has 47 heavy (non-hydrogen) atoms. The van der Waals surface area contributed by atoms with Gasteiger partial charge in [-0.15, -0.1) is 0 Å². The van der Waals surface area contributed by atoms with Gasteiger partial charge in [-0.3, -0.25) is 14.5 Å². The minimum Gasteiger partial charge on any atom is -0.480 e. The van der Waals surface area contributed by atoms with Crippen molar-refractivity contribution < 1.29 is 14.7 Å². The predicted molar refractivity (Wildman–Crippen MR) is 185 cm³/mol. The SMILES string of the molecule is NC(=O)C[C@@H](C(=O)O)N(C(c1ccccc1)(c1ccccc1)c1ccccc1)C(c1ccccc1)(c1ccccc1)c1ccccc1. The molecule has 0 aromatic heterocycles. The first kappa shape index (κ1) is 31.2. The number of hydrogen-bond acceptors (Lipinski definition) is 3. The minimum atomic E-state index is -1.39. The summed E-state index contributed by atoms with van der Waals surface area (Å²) in [6, 6.07) is 58.2. The lowest BCUT2D eigenvalue weighted by Crippen LogP contribution is -2.65. The molecule has 0 bridgehead atoms. The third kappa shape index (κ3) is 5.62. The van der Waals surface area contributed by atoms with Crippen LogP contribution in [0.25, 0.3) is 0 Å². The van der Waals surface area contributed by atoms with Gasteiger partial charge in [0.15, 0.2) is 0 Å². The first-order chi connectivity index (χ1) is 23.0. The number of carboxylic acid groups (broad SMARTS) is 1. The summed E-state index contributed by atoms with van der Waals surface area (Å²) in [5.74, 6) is -1.88. The highest BCUT2D eigenvalue weighted by atomic mass is 16.4. The zero-order valence-corrected chi connectivity index (χ0v) is 25.9. The number of carboxylic acids is 1. The maximum atomic E-state index is 13.9. The average Bonchev–Trinajstić information content (AvgIpc) is 3.13. The highest BCUT2D eigenvalue weighted by Gasteiger charge is 2.58. The summed E-state index contributed by atoms with van der Waals surface area (Å²) in [5.41, 5.74) is 8.41. The van der Waals surface area contributed by atoms with Crippen LogP contribution in [-0.4, -0.2) is 27.9 Å². The second kappa shape index (κ2) is 13.7. The lowest BCUT2D eigenvalue weighted by atomic mass is 9.66. The fourth-order valence-electron chi connectivity index (χ4n) is 7.11. The quantitative estimate of drug-likeness (QED) is 0.139. The number of nitrogens with two attached hydrogens (primary N) is 1. The fourth-order valence-corrected chi connectivity index (χ4v) is 7.11. The third-order valence-electron chi connectivity index (χ3n) is 8.86. The van der Waals surface area contributed by atoms with Gasteiger partial charge in [-0.25, -0.2) is 0 Å². The van der Waals surface area contributed by atoms with Crippen molar-refractivity contribution >= 4 is 11.9 Å². The van der Waals surface area contributed by atoms with Gasteiger partial charge < -0.3 is 10.8 Å². The number of aliphatic carboxylic acids is 1. The molecule has 232 valence electrons. The normalized spacial score (nSPS) is 12.4. The van der Waals surface area contributed by atoms with Gasteiger partial charge in [0.05, 0.1) is 17.5 Å². The number of hydrogen-bond donors (Lipinski definition) is 2. The van der Waals surface area contributed by atoms with E-state index in [1.54, 1.807) is 0 Å². The maximum Gasteiger partial charge on any atom is 0.321 e. The molecule has 0 unspecified atom stereocenters. The molecule has 0 radical (unpaired) electrons. The predicted octanol–water partition coefficient (Wildman–Crippen LogP) is 7.60. The Morgan fingerprint density at radius 2 is 0.681 bits per heavy atom. The Bertz CT molecular complexity index is 1580. The largest absolute Gasteiger partial charge is 0.480 e. The molecule has 0 saturated carbocycles. The van der Waals surface area contributed by atoms with Crippen LogP contribution in [0.5, 0.6) is 0 Å². The number of carbonyl (C=O) groups is 2. The molecule has 5 heteroatoms. The number of rotatable bonds is 12. The molecule has 5 nitrogen and oxygen atoms in total. The van der Waals surface area contributed by atoms with Gasteiger partial charge >= 0.3 is 5.97 Å². The van der Waals surface area contributed by atoms with Gasteiger partial charge in [0.25, 0.3) is 0 Å². The van der Waals surface area contributed by atoms with Gasteiger partial charge in [0.2, 0.25) is 5.91 Å². The van der Waals surface area contributed by atoms with E-state index in [0.717, 1.165) is 33.4 Å². The van der Waals surface area contributed by atoms with Crippen molar-refractivity contribution in [3.8, 4) is 0 Å². The standard InChI is InChI=1S/C42H36N2O3/c43-39(45)31-38(40(46)47)44(41(32-19-7-1-8-20-32,33-21-9-2-10-22-33)34-23-11-3-12-24-34)42(35-25-13-4-14-26-35,36-27-15-5-16-28-36)37-29-17-6-18-30-37/h1-30,38H,31H2,(H2,43,45)(H,46,47)/t38-/m0/s1. The molecule has 0 aliphatic carbocycles. The van der Waals surface area contributed by atoms with E-state index in [4.69, 9.17) is 5.73 Å². The average molecular weight is 617 g/mol. The molecule has 6 rings (SSSR count). The summed E-state index contributed by atoms with van der Waals surface area (Å²) in [7, 11) is 0. The van der Waals surface area contributed by atoms with Gasteiger partial charge in [-0.2, -0.15) is 0 Å². The fraction of sp³-hybridized carbons (Fsp3) is 0.0952. The first-order valence-electron chi connectivity index (χ1n) is 15.6. The Labute approximate surface area is 275 Å². The number of nitrogens with zero attached hydrogens (tertiary/aromatic N) is 1. The first-order valence-corrected chi connectivity index (χ1v) is 15.6. The van der Waals surface area contributed by atoms with Gasteiger partial charge in [-0.05, 0) is 33.4 Å². The van der Waals surface area contributed by atoms with Crippen molar-refractivity contribution in [2.75, 3.05) is 0 Å². The molecular weight excluding hydrogens is 580 g/mol. The minimum absolute atomic E-state index is 0.433. The lowest BCUT2D eigenvalue weighted by Gasteiger charge is -2.58. The molecular formula is C42H36N2O3. The van der Waals surface area contributed by atoms with Crippen LogP contribution in [0.15, 0.2) is 182 Å². The summed E-state index contributed by atoms with van der Waals surface area (Å²) in [6.07, 6.45) is -0.433. The van der Waals surface area contributed by atoms with Crippen LogP contribution in [0.2, 0.25) is 0 Å². The molecule has 0 spiro atoms. The number of amides is 1. The summed E-state index contributed by atoms with van der Waals surface area (Å²) >= 11 is 0. The summed E-state index contributed by atoms with van der Waals surface area (Å²) < 4.78 is 0. The van der Waals surface area contributed by atoms with Crippen LogP contribution in [-0.2, 0) is 20.7 Å². The second-order valence-electron chi connectivity index (χ2n) is 11.5. The van der Waals surface area contributed by atoms with Crippen LogP contribution in [0, 0.1) is 0 Å². The number of benzene rings is 6. The summed E-state index contributed by atoms with van der Waals surface area (Å²) in [4.78, 5) is 29.0. The van der Waals surface area contributed by atoms with Gasteiger partial charge in [0.1, 0.15) is 6.04 Å². The van der Waals surface area contributed by atoms with Crippen LogP contribution in [0.4, 0.5) is 0 Å². The zero-order valence-electron chi connectivity index (χ0n) is 25.9. The van der Waals surface area contributed by atoms with E-state index in [1.165, 1.54) is 0 Å². The van der Waals surface area contributed by atoms with Crippen LogP contribution in [0.3, 0.4) is 0 Å². The molecule has 0 aliphatic heterocycles. The van der Waals surface area contributed by atoms with E-state index < -0.39 is 35.4 Å². The van der Waals surface area contributed by atoms with Gasteiger partial charge in [0, 0.05) is 0 Å². The monoisotopic (exact) mass is 616 g/mol. The molecule has 1 amide bonds. The summed E-state index contributed by atoms with van der Waals surface area (Å²) in [6.45, 7) is 0. The third-order valence-corrected chi connectivity index (χ3v) is 8.86. The number of carbonyl (C=O) groups excluding carboxylic acids is 1. The van der Waals surface area contributed by atoms with E-state index in [-0.39, 0.29) is 0 Å². The van der Waals surface area contributed by atoms with Crippen molar-refractivity contribution in [2.24, 2.45) is 5.73 Å². The molecule has 3 N–H and O–H groups in total. The van der Waals surface area contributed by atoms with Crippen molar-refractivity contribution in [2.45, 2.75) is 23.5 Å². The van der Waals surface area contributed by atoms with Crippen LogP contribution >= 0.6 is 0 Å². The van der Waals surface area contributed by atoms with E-state index in [1.807, 2.05) is 187 Å².